The Morgan fingerprint density at radius 2 is 2.06 bits per heavy atom. The number of aromatic nitrogens is 1. The molecule has 4 N–H and O–H groups in total. The first-order valence-corrected chi connectivity index (χ1v) is 5.44. The molecule has 1 aromatic carbocycles. The van der Waals surface area contributed by atoms with Crippen LogP contribution in [0.2, 0.25) is 0 Å². The number of nitrogens with zero attached hydrogens (tertiary/aromatic N) is 1. The fourth-order valence-corrected chi connectivity index (χ4v) is 1.53. The lowest BCUT2D eigenvalue weighted by atomic mass is 10.1. The Kier molecular flexibility index (Phi) is 3.43. The van der Waals surface area contributed by atoms with Gasteiger partial charge < -0.3 is 16.2 Å². The Morgan fingerprint density at radius 3 is 2.78 bits per heavy atom. The second-order valence-electron chi connectivity index (χ2n) is 3.79. The third kappa shape index (κ3) is 2.76. The van der Waals surface area contributed by atoms with Gasteiger partial charge in [-0.05, 0) is 18.2 Å². The molecule has 0 spiro atoms. The highest BCUT2D eigenvalue weighted by molar-refractivity contribution is 5.94. The van der Waals surface area contributed by atoms with Crippen LogP contribution in [0.4, 0.5) is 11.5 Å². The van der Waals surface area contributed by atoms with E-state index >= 15 is 0 Å². The molecule has 0 bridgehead atoms. The van der Waals surface area contributed by atoms with Gasteiger partial charge in [0.2, 0.25) is 5.91 Å². The number of carbonyl (C=O) groups excluding carboxylic acids is 1. The van der Waals surface area contributed by atoms with Crippen molar-refractivity contribution in [1.29, 1.82) is 0 Å². The zero-order valence-electron chi connectivity index (χ0n) is 9.63. The normalized spacial score (nSPS) is 10.0. The van der Waals surface area contributed by atoms with Crippen molar-refractivity contribution in [2.75, 3.05) is 11.1 Å². The van der Waals surface area contributed by atoms with E-state index in [0.29, 0.717) is 17.1 Å². The molecule has 18 heavy (non-hydrogen) atoms. The first kappa shape index (κ1) is 11.9. The summed E-state index contributed by atoms with van der Waals surface area (Å²) >= 11 is 0. The van der Waals surface area contributed by atoms with Crippen molar-refractivity contribution in [3.8, 4) is 5.75 Å². The number of anilines is 2. The molecule has 0 fully saturated rings. The average molecular weight is 243 g/mol. The SMILES string of the molecule is Nc1cccnc1NC(=O)Cc1ccccc1O. The van der Waals surface area contributed by atoms with Crippen molar-refractivity contribution in [3.63, 3.8) is 0 Å². The quantitative estimate of drug-likeness (QED) is 0.763. The topological polar surface area (TPSA) is 88.2 Å². The minimum absolute atomic E-state index is 0.0721. The molecule has 2 rings (SSSR count). The number of phenolic OH excluding ortho intramolecular Hbond substituents is 1. The summed E-state index contributed by atoms with van der Waals surface area (Å²) < 4.78 is 0. The molecule has 0 radical (unpaired) electrons. The smallest absolute Gasteiger partial charge is 0.230 e. The number of hydrogen-bond acceptors (Lipinski definition) is 4. The zero-order chi connectivity index (χ0) is 13.0. The van der Waals surface area contributed by atoms with E-state index in [-0.39, 0.29) is 18.1 Å². The molecule has 0 saturated heterocycles. The Balaban J connectivity index is 2.06. The summed E-state index contributed by atoms with van der Waals surface area (Å²) in [6, 6.07) is 10.0. The van der Waals surface area contributed by atoms with Gasteiger partial charge in [-0.1, -0.05) is 18.2 Å². The number of amides is 1. The maximum atomic E-state index is 11.8. The van der Waals surface area contributed by atoms with Crippen LogP contribution >= 0.6 is 0 Å². The van der Waals surface area contributed by atoms with Crippen LogP contribution in [-0.4, -0.2) is 16.0 Å². The molecular formula is C13H13N3O2. The second-order valence-corrected chi connectivity index (χ2v) is 3.79. The summed E-state index contributed by atoms with van der Waals surface area (Å²) in [6.45, 7) is 0. The molecule has 92 valence electrons. The Labute approximate surface area is 104 Å². The van der Waals surface area contributed by atoms with Gasteiger partial charge in [0.1, 0.15) is 5.75 Å². The first-order chi connectivity index (χ1) is 8.66. The minimum atomic E-state index is -0.276. The monoisotopic (exact) mass is 243 g/mol. The summed E-state index contributed by atoms with van der Waals surface area (Å²) in [5, 5.41) is 12.2. The van der Waals surface area contributed by atoms with E-state index in [1.807, 2.05) is 0 Å². The van der Waals surface area contributed by atoms with Gasteiger partial charge in [0.05, 0.1) is 12.1 Å². The van der Waals surface area contributed by atoms with Gasteiger partial charge in [-0.2, -0.15) is 0 Å². The molecule has 1 aromatic heterocycles. The summed E-state index contributed by atoms with van der Waals surface area (Å²) in [6.07, 6.45) is 1.62. The molecule has 5 heteroatoms. The van der Waals surface area contributed by atoms with Gasteiger partial charge in [-0.25, -0.2) is 4.98 Å². The number of phenols is 1. The maximum absolute atomic E-state index is 11.8. The second kappa shape index (κ2) is 5.18. The number of para-hydroxylation sites is 1. The van der Waals surface area contributed by atoms with Crippen LogP contribution in [0.3, 0.4) is 0 Å². The molecule has 1 amide bonds. The molecule has 0 aliphatic rings. The predicted octanol–water partition coefficient (Wildman–Crippen LogP) is 1.55. The fourth-order valence-electron chi connectivity index (χ4n) is 1.53. The van der Waals surface area contributed by atoms with Gasteiger partial charge in [-0.15, -0.1) is 0 Å². The third-order valence-corrected chi connectivity index (χ3v) is 2.44. The molecule has 0 unspecified atom stereocenters. The lowest BCUT2D eigenvalue weighted by Crippen LogP contribution is -2.16. The molecular weight excluding hydrogens is 230 g/mol. The average Bonchev–Trinajstić information content (AvgIpc) is 2.35. The molecule has 0 atom stereocenters. The number of hydrogen-bond donors (Lipinski definition) is 3. The molecule has 0 aliphatic carbocycles. The van der Waals surface area contributed by atoms with Gasteiger partial charge >= 0.3 is 0 Å². The zero-order valence-corrected chi connectivity index (χ0v) is 9.63. The van der Waals surface area contributed by atoms with E-state index in [2.05, 4.69) is 10.3 Å². The summed E-state index contributed by atoms with van der Waals surface area (Å²) in [5.74, 6) is 0.154. The van der Waals surface area contributed by atoms with Gasteiger partial charge in [-0.3, -0.25) is 4.79 Å². The molecule has 0 saturated carbocycles. The highest BCUT2D eigenvalue weighted by Gasteiger charge is 2.09. The van der Waals surface area contributed by atoms with Crippen LogP contribution < -0.4 is 11.1 Å². The van der Waals surface area contributed by atoms with Crippen LogP contribution in [0.15, 0.2) is 42.6 Å². The van der Waals surface area contributed by atoms with Crippen LogP contribution in [-0.2, 0) is 11.2 Å². The van der Waals surface area contributed by atoms with Crippen LogP contribution in [0.5, 0.6) is 5.75 Å². The Hall–Kier alpha value is -2.56. The van der Waals surface area contributed by atoms with Gasteiger partial charge in [0, 0.05) is 11.8 Å². The van der Waals surface area contributed by atoms with Crippen LogP contribution in [0.1, 0.15) is 5.56 Å². The standard InChI is InChI=1S/C13H13N3O2/c14-10-5-3-7-15-13(10)16-12(18)8-9-4-1-2-6-11(9)17/h1-7,17H,8,14H2,(H,15,16,18). The predicted molar refractivity (Wildman–Crippen MR) is 69.1 cm³/mol. The minimum Gasteiger partial charge on any atom is -0.508 e. The van der Waals surface area contributed by atoms with E-state index in [1.165, 1.54) is 6.07 Å². The highest BCUT2D eigenvalue weighted by atomic mass is 16.3. The summed E-state index contributed by atoms with van der Waals surface area (Å²) in [4.78, 5) is 15.7. The maximum Gasteiger partial charge on any atom is 0.230 e. The van der Waals surface area contributed by atoms with Crippen molar-refractivity contribution >= 4 is 17.4 Å². The van der Waals surface area contributed by atoms with Crippen molar-refractivity contribution in [1.82, 2.24) is 4.98 Å². The number of nitrogen functional groups attached to an aromatic ring is 1. The molecule has 0 aliphatic heterocycles. The van der Waals surface area contributed by atoms with E-state index in [1.54, 1.807) is 36.5 Å². The van der Waals surface area contributed by atoms with E-state index < -0.39 is 0 Å². The largest absolute Gasteiger partial charge is 0.508 e. The number of aromatic hydroxyl groups is 1. The van der Waals surface area contributed by atoms with Gasteiger partial charge in [0.25, 0.3) is 0 Å². The molecule has 5 nitrogen and oxygen atoms in total. The molecule has 2 aromatic rings. The number of rotatable bonds is 3. The van der Waals surface area contributed by atoms with E-state index in [4.69, 9.17) is 5.73 Å². The van der Waals surface area contributed by atoms with Crippen LogP contribution in [0.25, 0.3) is 0 Å². The number of nitrogens with two attached hydrogens (primary N) is 1. The summed E-state index contributed by atoms with van der Waals surface area (Å²) in [7, 11) is 0. The van der Waals surface area contributed by atoms with E-state index in [0.717, 1.165) is 0 Å². The van der Waals surface area contributed by atoms with Crippen molar-refractivity contribution in [2.45, 2.75) is 6.42 Å². The number of carbonyl (C=O) groups is 1. The molecule has 1 heterocycles. The Morgan fingerprint density at radius 1 is 1.28 bits per heavy atom. The number of benzene rings is 1. The number of nitrogens with one attached hydrogen (secondary N) is 1. The Bertz CT molecular complexity index is 520. The first-order valence-electron chi connectivity index (χ1n) is 5.44. The lowest BCUT2D eigenvalue weighted by Gasteiger charge is -2.07. The van der Waals surface area contributed by atoms with Crippen molar-refractivity contribution < 1.29 is 9.90 Å². The van der Waals surface area contributed by atoms with Crippen molar-refractivity contribution in [3.05, 3.63) is 48.2 Å². The fraction of sp³-hybridized carbons (Fsp3) is 0.0769. The highest BCUT2D eigenvalue weighted by Crippen LogP contribution is 2.18. The van der Waals surface area contributed by atoms with Crippen molar-refractivity contribution in [2.24, 2.45) is 0 Å². The third-order valence-electron chi connectivity index (χ3n) is 2.44. The van der Waals surface area contributed by atoms with Gasteiger partial charge in [0.15, 0.2) is 5.82 Å². The lowest BCUT2D eigenvalue weighted by molar-refractivity contribution is -0.115. The van der Waals surface area contributed by atoms with Crippen LogP contribution in [0, 0.1) is 0 Å². The summed E-state index contributed by atoms with van der Waals surface area (Å²) in [5.41, 5.74) is 6.63. The van der Waals surface area contributed by atoms with E-state index in [9.17, 15) is 9.90 Å². The number of pyridine rings is 1.